The van der Waals surface area contributed by atoms with E-state index in [0.717, 1.165) is 10.0 Å². The highest BCUT2D eigenvalue weighted by atomic mass is 79.9. The Labute approximate surface area is 138 Å². The zero-order chi connectivity index (χ0) is 16.5. The number of nitrogens with zero attached hydrogens (tertiary/aromatic N) is 1. The van der Waals surface area contributed by atoms with Gasteiger partial charge in [0.1, 0.15) is 11.4 Å². The van der Waals surface area contributed by atoms with Crippen molar-refractivity contribution >= 4 is 33.5 Å². The van der Waals surface area contributed by atoms with Crippen LogP contribution in [0, 0.1) is 5.92 Å². The summed E-state index contributed by atoms with van der Waals surface area (Å²) in [6, 6.07) is 5.50. The van der Waals surface area contributed by atoms with E-state index >= 15 is 0 Å². The maximum absolute atomic E-state index is 12.2. The summed E-state index contributed by atoms with van der Waals surface area (Å²) in [5.74, 6) is -0.0237. The summed E-state index contributed by atoms with van der Waals surface area (Å²) in [7, 11) is 0. The number of ether oxygens (including phenoxy) is 1. The fraction of sp³-hybridized carbons (Fsp3) is 0.500. The van der Waals surface area contributed by atoms with Gasteiger partial charge in [0.15, 0.2) is 0 Å². The summed E-state index contributed by atoms with van der Waals surface area (Å²) in [5, 5.41) is 0. The predicted octanol–water partition coefficient (Wildman–Crippen LogP) is 3.01. The summed E-state index contributed by atoms with van der Waals surface area (Å²) in [6.45, 7) is 6.31. The second-order valence-corrected chi connectivity index (χ2v) is 7.48. The summed E-state index contributed by atoms with van der Waals surface area (Å²) in [6.07, 6.45) is -0.0638. The second kappa shape index (κ2) is 6.28. The van der Waals surface area contributed by atoms with E-state index in [1.807, 2.05) is 32.9 Å². The Morgan fingerprint density at radius 1 is 1.36 bits per heavy atom. The number of likely N-dealkylation sites (tertiary alicyclic amines) is 1. The molecule has 120 valence electrons. The van der Waals surface area contributed by atoms with Gasteiger partial charge >= 0.3 is 6.09 Å². The van der Waals surface area contributed by atoms with Crippen LogP contribution in [0.3, 0.4) is 0 Å². The van der Waals surface area contributed by atoms with Crippen molar-refractivity contribution in [1.82, 2.24) is 4.90 Å². The van der Waals surface area contributed by atoms with Gasteiger partial charge in [-0.05, 0) is 38.5 Å². The van der Waals surface area contributed by atoms with Crippen LogP contribution in [0.1, 0.15) is 26.3 Å². The molecule has 1 aliphatic rings. The number of rotatable bonds is 3. The lowest BCUT2D eigenvalue weighted by Gasteiger charge is -2.39. The number of nitrogen functional groups attached to an aromatic ring is 1. The smallest absolute Gasteiger partial charge is 0.410 e. The molecule has 0 unspecified atom stereocenters. The number of amides is 1. The molecule has 1 aliphatic heterocycles. The summed E-state index contributed by atoms with van der Waals surface area (Å²) in [5.41, 5.74) is 6.82. The molecule has 1 fully saturated rings. The molecule has 0 spiro atoms. The molecule has 1 aromatic rings. The lowest BCUT2D eigenvalue weighted by atomic mass is 9.91. The van der Waals surface area contributed by atoms with E-state index in [-0.39, 0.29) is 17.8 Å². The molecule has 0 aliphatic carbocycles. The van der Waals surface area contributed by atoms with Crippen LogP contribution in [0.2, 0.25) is 0 Å². The van der Waals surface area contributed by atoms with Crippen LogP contribution < -0.4 is 5.73 Å². The van der Waals surface area contributed by atoms with Gasteiger partial charge in [0.05, 0.1) is 5.92 Å². The van der Waals surface area contributed by atoms with Crippen molar-refractivity contribution in [3.63, 3.8) is 0 Å². The molecule has 0 saturated carbocycles. The Morgan fingerprint density at radius 3 is 2.55 bits per heavy atom. The molecule has 5 nitrogen and oxygen atoms in total. The van der Waals surface area contributed by atoms with Gasteiger partial charge in [0.25, 0.3) is 0 Å². The van der Waals surface area contributed by atoms with Crippen molar-refractivity contribution in [3.05, 3.63) is 28.2 Å². The second-order valence-electron chi connectivity index (χ2n) is 6.57. The van der Waals surface area contributed by atoms with E-state index in [0.29, 0.717) is 25.2 Å². The number of Topliss-reactive ketones (excluding diaryl/α,β-unsaturated/α-hetero) is 1. The number of benzene rings is 1. The summed E-state index contributed by atoms with van der Waals surface area (Å²) < 4.78 is 6.16. The normalized spacial score (nSPS) is 15.4. The maximum Gasteiger partial charge on any atom is 0.410 e. The third-order valence-corrected chi connectivity index (χ3v) is 3.95. The highest BCUT2D eigenvalue weighted by Crippen LogP contribution is 2.24. The van der Waals surface area contributed by atoms with Gasteiger partial charge in [0, 0.05) is 29.7 Å². The molecule has 22 heavy (non-hydrogen) atoms. The van der Waals surface area contributed by atoms with Gasteiger partial charge < -0.3 is 15.4 Å². The Hall–Kier alpha value is -1.56. The van der Waals surface area contributed by atoms with Gasteiger partial charge in [-0.1, -0.05) is 22.0 Å². The van der Waals surface area contributed by atoms with Crippen molar-refractivity contribution in [1.29, 1.82) is 0 Å². The number of halogens is 1. The zero-order valence-corrected chi connectivity index (χ0v) is 14.6. The number of hydrogen-bond acceptors (Lipinski definition) is 4. The molecule has 1 aromatic carbocycles. The number of nitrogens with two attached hydrogens (primary N) is 1. The van der Waals surface area contributed by atoms with Crippen molar-refractivity contribution in [2.24, 2.45) is 5.92 Å². The molecule has 0 atom stereocenters. The van der Waals surface area contributed by atoms with E-state index in [2.05, 4.69) is 15.9 Å². The van der Waals surface area contributed by atoms with Crippen LogP contribution in [-0.2, 0) is 16.0 Å². The number of carbonyl (C=O) groups is 2. The predicted molar refractivity (Wildman–Crippen MR) is 88.6 cm³/mol. The lowest BCUT2D eigenvalue weighted by Crippen LogP contribution is -2.54. The summed E-state index contributed by atoms with van der Waals surface area (Å²) in [4.78, 5) is 25.6. The van der Waals surface area contributed by atoms with Crippen molar-refractivity contribution in [2.45, 2.75) is 32.8 Å². The maximum atomic E-state index is 12.2. The first-order chi connectivity index (χ1) is 10.2. The molecule has 6 heteroatoms. The number of ketones is 1. The molecule has 2 rings (SSSR count). The Bertz CT molecular complexity index is 590. The van der Waals surface area contributed by atoms with Crippen LogP contribution in [0.15, 0.2) is 22.7 Å². The van der Waals surface area contributed by atoms with Crippen LogP contribution >= 0.6 is 15.9 Å². The van der Waals surface area contributed by atoms with Crippen LogP contribution in [0.4, 0.5) is 10.5 Å². The van der Waals surface area contributed by atoms with Crippen LogP contribution in [0.25, 0.3) is 0 Å². The minimum Gasteiger partial charge on any atom is -0.444 e. The average molecular weight is 369 g/mol. The molecule has 1 amide bonds. The third-order valence-electron chi connectivity index (χ3n) is 3.46. The van der Waals surface area contributed by atoms with Gasteiger partial charge in [0.2, 0.25) is 0 Å². The van der Waals surface area contributed by atoms with Crippen LogP contribution in [-0.4, -0.2) is 35.5 Å². The zero-order valence-electron chi connectivity index (χ0n) is 13.1. The van der Waals surface area contributed by atoms with Gasteiger partial charge in [-0.15, -0.1) is 0 Å². The van der Waals surface area contributed by atoms with Crippen molar-refractivity contribution in [2.75, 3.05) is 18.8 Å². The summed E-state index contributed by atoms with van der Waals surface area (Å²) >= 11 is 3.34. The van der Waals surface area contributed by atoms with E-state index in [1.165, 1.54) is 0 Å². The molecular formula is C16H21BrN2O3. The SMILES string of the molecule is CC(C)(C)OC(=O)N1CC(C(=O)Cc2ccc(Br)cc2N)C1. The molecular weight excluding hydrogens is 348 g/mol. The minimum atomic E-state index is -0.516. The quantitative estimate of drug-likeness (QED) is 0.832. The minimum absolute atomic E-state index is 0.105. The molecule has 1 heterocycles. The average Bonchev–Trinajstić information content (AvgIpc) is 2.28. The molecule has 0 radical (unpaired) electrons. The first kappa shape index (κ1) is 16.8. The third kappa shape index (κ3) is 4.22. The first-order valence-corrected chi connectivity index (χ1v) is 7.99. The molecule has 1 saturated heterocycles. The Balaban J connectivity index is 1.85. The highest BCUT2D eigenvalue weighted by molar-refractivity contribution is 9.10. The van der Waals surface area contributed by atoms with E-state index < -0.39 is 5.60 Å². The Morgan fingerprint density at radius 2 is 2.00 bits per heavy atom. The largest absolute Gasteiger partial charge is 0.444 e. The topological polar surface area (TPSA) is 72.6 Å². The van der Waals surface area contributed by atoms with Gasteiger partial charge in [-0.2, -0.15) is 0 Å². The van der Waals surface area contributed by atoms with Crippen LogP contribution in [0.5, 0.6) is 0 Å². The monoisotopic (exact) mass is 368 g/mol. The van der Waals surface area contributed by atoms with Gasteiger partial charge in [-0.25, -0.2) is 4.79 Å². The van der Waals surface area contributed by atoms with Gasteiger partial charge in [-0.3, -0.25) is 4.79 Å². The van der Waals surface area contributed by atoms with E-state index in [9.17, 15) is 9.59 Å². The van der Waals surface area contributed by atoms with E-state index in [1.54, 1.807) is 11.0 Å². The molecule has 0 bridgehead atoms. The number of anilines is 1. The number of hydrogen-bond donors (Lipinski definition) is 1. The first-order valence-electron chi connectivity index (χ1n) is 7.20. The standard InChI is InChI=1S/C16H21BrN2O3/c1-16(2,3)22-15(21)19-8-11(9-19)14(20)6-10-4-5-12(17)7-13(10)18/h4-5,7,11H,6,8-9,18H2,1-3H3. The fourth-order valence-electron chi connectivity index (χ4n) is 2.22. The lowest BCUT2D eigenvalue weighted by molar-refractivity contribution is -0.126. The van der Waals surface area contributed by atoms with Crippen molar-refractivity contribution in [3.8, 4) is 0 Å². The fourth-order valence-corrected chi connectivity index (χ4v) is 2.60. The molecule has 2 N–H and O–H groups in total. The van der Waals surface area contributed by atoms with E-state index in [4.69, 9.17) is 10.5 Å². The molecule has 0 aromatic heterocycles. The highest BCUT2D eigenvalue weighted by Gasteiger charge is 2.37. The number of carbonyl (C=O) groups excluding carboxylic acids is 2. The van der Waals surface area contributed by atoms with Crippen molar-refractivity contribution < 1.29 is 14.3 Å². The Kier molecular flexibility index (Phi) is 4.80.